The summed E-state index contributed by atoms with van der Waals surface area (Å²) in [5.41, 5.74) is 10.9. The van der Waals surface area contributed by atoms with Gasteiger partial charge >= 0.3 is 0 Å². The zero-order valence-corrected chi connectivity index (χ0v) is 9.56. The Labute approximate surface area is 94.6 Å². The van der Waals surface area contributed by atoms with Crippen molar-refractivity contribution in [2.75, 3.05) is 12.8 Å². The molecule has 5 heteroatoms. The lowest BCUT2D eigenvalue weighted by atomic mass is 10.1. The predicted octanol–water partition coefficient (Wildman–Crippen LogP) is 1.09. The van der Waals surface area contributed by atoms with Crippen molar-refractivity contribution in [1.29, 1.82) is 0 Å². The number of thiocarbonyl (C=S) groups is 1. The minimum Gasteiger partial charge on any atom is -0.398 e. The lowest BCUT2D eigenvalue weighted by molar-refractivity contribution is 0.974. The van der Waals surface area contributed by atoms with Crippen LogP contribution in [-0.4, -0.2) is 17.9 Å². The minimum absolute atomic E-state index is 0.476. The summed E-state index contributed by atoms with van der Waals surface area (Å²) < 4.78 is 0. The van der Waals surface area contributed by atoms with E-state index in [0.29, 0.717) is 10.8 Å². The van der Waals surface area contributed by atoms with E-state index in [9.17, 15) is 0 Å². The van der Waals surface area contributed by atoms with Crippen LogP contribution in [0.25, 0.3) is 0 Å². The highest BCUT2D eigenvalue weighted by Gasteiger charge is 2.01. The number of rotatable bonds is 2. The van der Waals surface area contributed by atoms with Gasteiger partial charge in [-0.2, -0.15) is 5.10 Å². The molecule has 0 aliphatic carbocycles. The van der Waals surface area contributed by atoms with Gasteiger partial charge in [0.2, 0.25) is 0 Å². The molecular weight excluding hydrogens is 208 g/mol. The zero-order chi connectivity index (χ0) is 11.3. The number of nitrogens with one attached hydrogen (secondary N) is 2. The van der Waals surface area contributed by atoms with Gasteiger partial charge in [0.1, 0.15) is 0 Å². The van der Waals surface area contributed by atoms with Crippen molar-refractivity contribution in [1.82, 2.24) is 10.7 Å². The molecule has 0 bridgehead atoms. The lowest BCUT2D eigenvalue weighted by Crippen LogP contribution is -2.29. The SMILES string of the molecule is CNC(=S)N/N=C(\C)c1ccccc1N. The van der Waals surface area contributed by atoms with Gasteiger partial charge in [0.25, 0.3) is 0 Å². The van der Waals surface area contributed by atoms with Crippen LogP contribution in [0.1, 0.15) is 12.5 Å². The van der Waals surface area contributed by atoms with Gasteiger partial charge in [0, 0.05) is 18.3 Å². The Kier molecular flexibility index (Phi) is 4.05. The molecule has 0 aliphatic rings. The molecule has 1 aromatic carbocycles. The molecule has 15 heavy (non-hydrogen) atoms. The summed E-state index contributed by atoms with van der Waals surface area (Å²) >= 11 is 4.90. The van der Waals surface area contributed by atoms with Crippen LogP contribution < -0.4 is 16.5 Å². The first-order valence-corrected chi connectivity index (χ1v) is 4.93. The number of benzene rings is 1. The van der Waals surface area contributed by atoms with Crippen LogP contribution >= 0.6 is 12.2 Å². The number of nitrogens with two attached hydrogens (primary N) is 1. The third kappa shape index (κ3) is 3.21. The Hall–Kier alpha value is -1.62. The summed E-state index contributed by atoms with van der Waals surface area (Å²) in [5, 5.41) is 7.35. The number of para-hydroxylation sites is 1. The van der Waals surface area contributed by atoms with Gasteiger partial charge in [0.05, 0.1) is 5.71 Å². The molecule has 0 spiro atoms. The predicted molar refractivity (Wildman–Crippen MR) is 67.9 cm³/mol. The Morgan fingerprint density at radius 3 is 2.67 bits per heavy atom. The lowest BCUT2D eigenvalue weighted by Gasteiger charge is -2.06. The first-order chi connectivity index (χ1) is 7.15. The number of hydrogen-bond donors (Lipinski definition) is 3. The molecule has 0 saturated carbocycles. The van der Waals surface area contributed by atoms with Crippen LogP contribution in [0.5, 0.6) is 0 Å². The standard InChI is InChI=1S/C10H14N4S/c1-7(13-14-10(15)12-2)8-5-3-4-6-9(8)11/h3-6H,11H2,1-2H3,(H2,12,14,15)/b13-7+. The van der Waals surface area contributed by atoms with Crippen LogP contribution in [0.4, 0.5) is 5.69 Å². The first kappa shape index (κ1) is 11.5. The van der Waals surface area contributed by atoms with E-state index in [4.69, 9.17) is 18.0 Å². The van der Waals surface area contributed by atoms with Gasteiger partial charge in [-0.1, -0.05) is 18.2 Å². The zero-order valence-electron chi connectivity index (χ0n) is 8.74. The highest BCUT2D eigenvalue weighted by Crippen LogP contribution is 2.10. The van der Waals surface area contributed by atoms with E-state index in [0.717, 1.165) is 11.3 Å². The molecule has 0 saturated heterocycles. The van der Waals surface area contributed by atoms with Crippen LogP contribution in [-0.2, 0) is 0 Å². The molecule has 0 heterocycles. The van der Waals surface area contributed by atoms with Gasteiger partial charge in [-0.25, -0.2) is 0 Å². The second-order valence-corrected chi connectivity index (χ2v) is 3.38. The number of nitrogens with zero attached hydrogens (tertiary/aromatic N) is 1. The normalized spacial score (nSPS) is 10.9. The van der Waals surface area contributed by atoms with E-state index in [1.165, 1.54) is 0 Å². The molecule has 1 rings (SSSR count). The van der Waals surface area contributed by atoms with E-state index in [1.54, 1.807) is 7.05 Å². The van der Waals surface area contributed by atoms with Gasteiger partial charge in [-0.15, -0.1) is 0 Å². The van der Waals surface area contributed by atoms with Crippen LogP contribution in [0.3, 0.4) is 0 Å². The topological polar surface area (TPSA) is 62.4 Å². The largest absolute Gasteiger partial charge is 0.398 e. The fourth-order valence-corrected chi connectivity index (χ4v) is 1.12. The monoisotopic (exact) mass is 222 g/mol. The summed E-state index contributed by atoms with van der Waals surface area (Å²) in [6, 6.07) is 7.56. The van der Waals surface area contributed by atoms with Crippen LogP contribution in [0, 0.1) is 0 Å². The van der Waals surface area contributed by atoms with E-state index in [-0.39, 0.29) is 0 Å². The molecule has 0 fully saturated rings. The quantitative estimate of drug-likeness (QED) is 0.303. The second-order valence-electron chi connectivity index (χ2n) is 2.98. The van der Waals surface area contributed by atoms with Crippen LogP contribution in [0.15, 0.2) is 29.4 Å². The van der Waals surface area contributed by atoms with Crippen molar-refractivity contribution in [3.8, 4) is 0 Å². The molecule has 4 N–H and O–H groups in total. The van der Waals surface area contributed by atoms with Crippen molar-refractivity contribution in [3.63, 3.8) is 0 Å². The highest BCUT2D eigenvalue weighted by atomic mass is 32.1. The third-order valence-corrected chi connectivity index (χ3v) is 2.20. The summed E-state index contributed by atoms with van der Waals surface area (Å²) in [7, 11) is 1.73. The fraction of sp³-hybridized carbons (Fsp3) is 0.200. The van der Waals surface area contributed by atoms with E-state index in [2.05, 4.69) is 15.8 Å². The number of anilines is 1. The maximum atomic E-state index is 5.80. The summed E-state index contributed by atoms with van der Waals surface area (Å²) in [4.78, 5) is 0. The van der Waals surface area contributed by atoms with Crippen molar-refractivity contribution < 1.29 is 0 Å². The molecule has 0 radical (unpaired) electrons. The molecule has 80 valence electrons. The maximum Gasteiger partial charge on any atom is 0.186 e. The molecule has 0 aromatic heterocycles. The van der Waals surface area contributed by atoms with Crippen LogP contribution in [0.2, 0.25) is 0 Å². The Bertz CT molecular complexity index is 387. The van der Waals surface area contributed by atoms with Gasteiger partial charge in [-0.05, 0) is 25.2 Å². The summed E-state index contributed by atoms with van der Waals surface area (Å²) in [5.74, 6) is 0. The molecule has 0 unspecified atom stereocenters. The minimum atomic E-state index is 0.476. The fourth-order valence-electron chi connectivity index (χ4n) is 1.08. The highest BCUT2D eigenvalue weighted by molar-refractivity contribution is 7.80. The van der Waals surface area contributed by atoms with Crippen molar-refractivity contribution in [2.24, 2.45) is 5.10 Å². The average Bonchev–Trinajstić information content (AvgIpc) is 2.26. The van der Waals surface area contributed by atoms with E-state index < -0.39 is 0 Å². The molecule has 0 amide bonds. The van der Waals surface area contributed by atoms with Crippen molar-refractivity contribution >= 4 is 28.7 Å². The molecule has 1 aromatic rings. The molecule has 0 atom stereocenters. The molecular formula is C10H14N4S. The summed E-state index contributed by atoms with van der Waals surface area (Å²) in [6.07, 6.45) is 0. The maximum absolute atomic E-state index is 5.80. The third-order valence-electron chi connectivity index (χ3n) is 1.90. The van der Waals surface area contributed by atoms with E-state index >= 15 is 0 Å². The number of hydrazone groups is 1. The Morgan fingerprint density at radius 1 is 1.40 bits per heavy atom. The number of nitrogen functional groups attached to an aromatic ring is 1. The smallest absolute Gasteiger partial charge is 0.186 e. The second kappa shape index (κ2) is 5.31. The Balaban J connectivity index is 2.80. The Morgan fingerprint density at radius 2 is 2.07 bits per heavy atom. The van der Waals surface area contributed by atoms with Gasteiger partial charge in [0.15, 0.2) is 5.11 Å². The molecule has 4 nitrogen and oxygen atoms in total. The van der Waals surface area contributed by atoms with E-state index in [1.807, 2.05) is 31.2 Å². The van der Waals surface area contributed by atoms with Gasteiger partial charge < -0.3 is 11.1 Å². The van der Waals surface area contributed by atoms with Crippen molar-refractivity contribution in [3.05, 3.63) is 29.8 Å². The first-order valence-electron chi connectivity index (χ1n) is 4.52. The molecule has 0 aliphatic heterocycles. The average molecular weight is 222 g/mol. The van der Waals surface area contributed by atoms with Crippen molar-refractivity contribution in [2.45, 2.75) is 6.92 Å². The summed E-state index contributed by atoms with van der Waals surface area (Å²) in [6.45, 7) is 1.87. The number of hydrogen-bond acceptors (Lipinski definition) is 3. The van der Waals surface area contributed by atoms with Gasteiger partial charge in [-0.3, -0.25) is 5.43 Å².